The van der Waals surface area contributed by atoms with Gasteiger partial charge in [-0.05, 0) is 85.5 Å². The summed E-state index contributed by atoms with van der Waals surface area (Å²) in [5, 5.41) is 3.32. The summed E-state index contributed by atoms with van der Waals surface area (Å²) >= 11 is 0. The van der Waals surface area contributed by atoms with Gasteiger partial charge >= 0.3 is 0 Å². The average molecular weight is 429 g/mol. The predicted molar refractivity (Wildman–Crippen MR) is 130 cm³/mol. The number of pyridine rings is 1. The van der Waals surface area contributed by atoms with Crippen molar-refractivity contribution < 1.29 is 4.79 Å². The number of carbonyl (C=O) groups excluding carboxylic acids is 1. The van der Waals surface area contributed by atoms with Gasteiger partial charge in [0.2, 0.25) is 5.91 Å². The minimum Gasteiger partial charge on any atom is -0.399 e. The van der Waals surface area contributed by atoms with Crippen LogP contribution in [0.4, 0.5) is 5.69 Å². The van der Waals surface area contributed by atoms with Crippen molar-refractivity contribution >= 4 is 11.6 Å². The lowest BCUT2D eigenvalue weighted by atomic mass is 9.81. The number of nitrogens with zero attached hydrogens (tertiary/aromatic N) is 1. The molecule has 1 saturated carbocycles. The van der Waals surface area contributed by atoms with Gasteiger partial charge in [0, 0.05) is 17.8 Å². The fraction of sp³-hybridized carbons (Fsp3) is 0.333. The normalized spacial score (nSPS) is 19.3. The molecule has 1 aliphatic carbocycles. The summed E-state index contributed by atoms with van der Waals surface area (Å²) in [7, 11) is 0. The van der Waals surface area contributed by atoms with Crippen LogP contribution in [0.2, 0.25) is 0 Å². The number of nitrogens with two attached hydrogens (primary N) is 2. The van der Waals surface area contributed by atoms with E-state index in [-0.39, 0.29) is 17.9 Å². The largest absolute Gasteiger partial charge is 0.399 e. The molecule has 1 heterocycles. The second-order valence-electron chi connectivity index (χ2n) is 8.80. The molecule has 0 aliphatic heterocycles. The lowest BCUT2D eigenvalue weighted by molar-refractivity contribution is -0.127. The number of hydrogen-bond donors (Lipinski definition) is 3. The van der Waals surface area contributed by atoms with Gasteiger partial charge in [0.1, 0.15) is 0 Å². The molecule has 1 amide bonds. The standard InChI is InChI=1S/C27H32N4O/c28-18-20-6-8-22(9-7-20)27(32)31-26(16-19-4-2-1-3-5-19)25-17-23(14-15-30-25)21-10-12-24(29)13-11-21/h1-5,10-15,17,20,22,26H,6-9,16,18,28-29H2,(H,31,32)/t20-,22-,26?. The average Bonchev–Trinajstić information content (AvgIpc) is 2.85. The highest BCUT2D eigenvalue weighted by Crippen LogP contribution is 2.30. The molecule has 1 atom stereocenters. The van der Waals surface area contributed by atoms with Crippen LogP contribution in [-0.4, -0.2) is 17.4 Å². The molecule has 5 N–H and O–H groups in total. The van der Waals surface area contributed by atoms with Crippen molar-refractivity contribution in [3.63, 3.8) is 0 Å². The van der Waals surface area contributed by atoms with Crippen molar-refractivity contribution in [1.29, 1.82) is 0 Å². The molecule has 5 heteroatoms. The number of carbonyl (C=O) groups is 1. The van der Waals surface area contributed by atoms with Gasteiger partial charge in [-0.3, -0.25) is 9.78 Å². The quantitative estimate of drug-likeness (QED) is 0.483. The lowest BCUT2D eigenvalue weighted by Gasteiger charge is -2.28. The number of anilines is 1. The van der Waals surface area contributed by atoms with E-state index in [4.69, 9.17) is 11.5 Å². The number of nitrogen functional groups attached to an aromatic ring is 1. The maximum atomic E-state index is 13.2. The van der Waals surface area contributed by atoms with Crippen molar-refractivity contribution in [3.05, 3.63) is 84.2 Å². The monoisotopic (exact) mass is 428 g/mol. The molecular formula is C27H32N4O. The van der Waals surface area contributed by atoms with Gasteiger partial charge in [-0.15, -0.1) is 0 Å². The second-order valence-corrected chi connectivity index (χ2v) is 8.80. The molecule has 0 radical (unpaired) electrons. The summed E-state index contributed by atoms with van der Waals surface area (Å²) < 4.78 is 0. The zero-order valence-electron chi connectivity index (χ0n) is 18.4. The van der Waals surface area contributed by atoms with Crippen LogP contribution in [-0.2, 0) is 11.2 Å². The third-order valence-corrected chi connectivity index (χ3v) is 6.53. The number of aromatic nitrogens is 1. The molecule has 3 aromatic rings. The lowest BCUT2D eigenvalue weighted by Crippen LogP contribution is -2.37. The number of amides is 1. The summed E-state index contributed by atoms with van der Waals surface area (Å²) in [5.41, 5.74) is 16.6. The van der Waals surface area contributed by atoms with Gasteiger partial charge in [0.15, 0.2) is 0 Å². The van der Waals surface area contributed by atoms with E-state index in [0.29, 0.717) is 18.9 Å². The maximum Gasteiger partial charge on any atom is 0.223 e. The minimum atomic E-state index is -0.189. The van der Waals surface area contributed by atoms with E-state index in [1.807, 2.05) is 54.7 Å². The molecule has 1 aromatic heterocycles. The zero-order chi connectivity index (χ0) is 22.3. The van der Waals surface area contributed by atoms with Gasteiger partial charge in [-0.2, -0.15) is 0 Å². The first-order valence-corrected chi connectivity index (χ1v) is 11.5. The first kappa shape index (κ1) is 22.0. The van der Waals surface area contributed by atoms with Gasteiger partial charge in [-0.1, -0.05) is 42.5 Å². The molecule has 1 aliphatic rings. The Morgan fingerprint density at radius 2 is 1.69 bits per heavy atom. The van der Waals surface area contributed by atoms with Crippen molar-refractivity contribution in [3.8, 4) is 11.1 Å². The number of rotatable bonds is 7. The van der Waals surface area contributed by atoms with Gasteiger partial charge < -0.3 is 16.8 Å². The van der Waals surface area contributed by atoms with Gasteiger partial charge in [-0.25, -0.2) is 0 Å². The van der Waals surface area contributed by atoms with E-state index in [2.05, 4.69) is 28.5 Å². The highest BCUT2D eigenvalue weighted by molar-refractivity contribution is 5.79. The fourth-order valence-corrected chi connectivity index (χ4v) is 4.52. The Kier molecular flexibility index (Phi) is 7.17. The highest BCUT2D eigenvalue weighted by Gasteiger charge is 2.28. The zero-order valence-corrected chi connectivity index (χ0v) is 18.4. The number of benzene rings is 2. The number of hydrogen-bond acceptors (Lipinski definition) is 4. The Labute approximate surface area is 190 Å². The first-order chi connectivity index (χ1) is 15.6. The van der Waals surface area contributed by atoms with Crippen molar-refractivity contribution in [2.45, 2.75) is 38.1 Å². The molecule has 166 valence electrons. The molecule has 1 unspecified atom stereocenters. The summed E-state index contributed by atoms with van der Waals surface area (Å²) in [4.78, 5) is 17.8. The second kappa shape index (κ2) is 10.4. The first-order valence-electron chi connectivity index (χ1n) is 11.5. The summed E-state index contributed by atoms with van der Waals surface area (Å²) in [6.45, 7) is 0.715. The fourth-order valence-electron chi connectivity index (χ4n) is 4.52. The Bertz CT molecular complexity index is 1010. The summed E-state index contributed by atoms with van der Waals surface area (Å²) in [6.07, 6.45) is 6.39. The SMILES string of the molecule is NC[C@H]1CC[C@H](C(=O)NC(Cc2ccccc2)c2cc(-c3ccc(N)cc3)ccn2)CC1. The molecule has 0 spiro atoms. The maximum absolute atomic E-state index is 13.2. The van der Waals surface area contributed by atoms with E-state index in [0.717, 1.165) is 48.2 Å². The third kappa shape index (κ3) is 5.54. The molecular weight excluding hydrogens is 396 g/mol. The van der Waals surface area contributed by atoms with Crippen LogP contribution in [0.3, 0.4) is 0 Å². The van der Waals surface area contributed by atoms with Crippen molar-refractivity contribution in [2.24, 2.45) is 17.6 Å². The Morgan fingerprint density at radius 3 is 2.38 bits per heavy atom. The highest BCUT2D eigenvalue weighted by atomic mass is 16.1. The predicted octanol–water partition coefficient (Wildman–Crippen LogP) is 4.50. The molecule has 2 aromatic carbocycles. The third-order valence-electron chi connectivity index (χ3n) is 6.53. The van der Waals surface area contributed by atoms with Crippen LogP contribution in [0.5, 0.6) is 0 Å². The molecule has 4 rings (SSSR count). The van der Waals surface area contributed by atoms with Crippen LogP contribution in [0.25, 0.3) is 11.1 Å². The van der Waals surface area contributed by atoms with E-state index >= 15 is 0 Å². The van der Waals surface area contributed by atoms with Crippen molar-refractivity contribution in [2.75, 3.05) is 12.3 Å². The van der Waals surface area contributed by atoms with Crippen LogP contribution >= 0.6 is 0 Å². The molecule has 32 heavy (non-hydrogen) atoms. The van der Waals surface area contributed by atoms with Gasteiger partial charge in [0.05, 0.1) is 11.7 Å². The van der Waals surface area contributed by atoms with E-state index in [1.165, 1.54) is 5.56 Å². The minimum absolute atomic E-state index is 0.0522. The summed E-state index contributed by atoms with van der Waals surface area (Å²) in [6, 6.07) is 21.9. The number of nitrogens with one attached hydrogen (secondary N) is 1. The molecule has 0 saturated heterocycles. The Morgan fingerprint density at radius 1 is 0.969 bits per heavy atom. The molecule has 5 nitrogen and oxygen atoms in total. The molecule has 0 bridgehead atoms. The Hall–Kier alpha value is -3.18. The van der Waals surface area contributed by atoms with Crippen LogP contribution in [0, 0.1) is 11.8 Å². The smallest absolute Gasteiger partial charge is 0.223 e. The van der Waals surface area contributed by atoms with Crippen LogP contribution in [0.1, 0.15) is 43.0 Å². The molecule has 1 fully saturated rings. The topological polar surface area (TPSA) is 94.0 Å². The van der Waals surface area contributed by atoms with Gasteiger partial charge in [0.25, 0.3) is 0 Å². The van der Waals surface area contributed by atoms with Crippen LogP contribution < -0.4 is 16.8 Å². The van der Waals surface area contributed by atoms with E-state index in [1.54, 1.807) is 0 Å². The van der Waals surface area contributed by atoms with E-state index in [9.17, 15) is 4.79 Å². The van der Waals surface area contributed by atoms with Crippen molar-refractivity contribution in [1.82, 2.24) is 10.3 Å². The van der Waals surface area contributed by atoms with E-state index < -0.39 is 0 Å². The Balaban J connectivity index is 1.56. The van der Waals surface area contributed by atoms with Crippen LogP contribution in [0.15, 0.2) is 72.9 Å². The summed E-state index contributed by atoms with van der Waals surface area (Å²) in [5.74, 6) is 0.731.